The van der Waals surface area contributed by atoms with Gasteiger partial charge >= 0.3 is 6.18 Å². The lowest BCUT2D eigenvalue weighted by Gasteiger charge is -2.26. The van der Waals surface area contributed by atoms with Gasteiger partial charge in [0.05, 0.1) is 5.69 Å². The van der Waals surface area contributed by atoms with Gasteiger partial charge in [-0.25, -0.2) is 17.2 Å². The minimum atomic E-state index is -4.80. The largest absolute Gasteiger partial charge is 0.404 e. The Bertz CT molecular complexity index is 1100. The smallest absolute Gasteiger partial charge is 0.345 e. The van der Waals surface area contributed by atoms with Crippen molar-refractivity contribution in [2.45, 2.75) is 31.0 Å². The second-order valence-electron chi connectivity index (χ2n) is 6.49. The Balaban J connectivity index is 2.45. The Morgan fingerprint density at radius 1 is 1.27 bits per heavy atom. The average Bonchev–Trinajstić information content (AvgIpc) is 2.95. The highest BCUT2D eigenvalue weighted by atomic mass is 35.5. The van der Waals surface area contributed by atoms with Gasteiger partial charge in [0.25, 0.3) is 5.91 Å². The van der Waals surface area contributed by atoms with E-state index >= 15 is 0 Å². The van der Waals surface area contributed by atoms with Crippen LogP contribution in [0.3, 0.4) is 0 Å². The van der Waals surface area contributed by atoms with Crippen LogP contribution in [0.15, 0.2) is 23.2 Å². The SMILES string of the molecule is Cc1c(S(=O)(=O)N(C)[C@H](C)C(F)(F)F)cn(C)c1C(=O)Nc1ccc(F)c(Cl)c1F. The van der Waals surface area contributed by atoms with E-state index in [1.807, 2.05) is 0 Å². The normalized spacial score (nSPS) is 13.6. The van der Waals surface area contributed by atoms with Gasteiger partial charge in [-0.2, -0.15) is 17.5 Å². The van der Waals surface area contributed by atoms with Gasteiger partial charge in [0.15, 0.2) is 5.82 Å². The lowest BCUT2D eigenvalue weighted by Crippen LogP contribution is -2.44. The summed E-state index contributed by atoms with van der Waals surface area (Å²) >= 11 is 5.46. The maximum atomic E-state index is 14.0. The molecule has 1 amide bonds. The number of aryl methyl sites for hydroxylation is 1. The zero-order valence-corrected chi connectivity index (χ0v) is 17.7. The highest BCUT2D eigenvalue weighted by Gasteiger charge is 2.44. The number of rotatable bonds is 5. The number of nitrogens with one attached hydrogen (secondary N) is 1. The van der Waals surface area contributed by atoms with Crippen molar-refractivity contribution in [3.8, 4) is 0 Å². The van der Waals surface area contributed by atoms with E-state index < -0.39 is 55.4 Å². The summed E-state index contributed by atoms with van der Waals surface area (Å²) in [7, 11) is -2.55. The highest BCUT2D eigenvalue weighted by molar-refractivity contribution is 7.89. The van der Waals surface area contributed by atoms with Crippen LogP contribution in [0, 0.1) is 18.6 Å². The summed E-state index contributed by atoms with van der Waals surface area (Å²) in [5.74, 6) is -3.24. The molecule has 0 aliphatic carbocycles. The van der Waals surface area contributed by atoms with E-state index in [-0.39, 0.29) is 15.6 Å². The Hall–Kier alpha value is -2.18. The van der Waals surface area contributed by atoms with E-state index in [0.717, 1.165) is 29.9 Å². The third-order valence-electron chi connectivity index (χ3n) is 4.56. The van der Waals surface area contributed by atoms with Gasteiger partial charge < -0.3 is 9.88 Å². The van der Waals surface area contributed by atoms with Gasteiger partial charge in [0, 0.05) is 20.3 Å². The number of hydrogen-bond acceptors (Lipinski definition) is 3. The summed E-state index contributed by atoms with van der Waals surface area (Å²) in [5.41, 5.74) is -0.856. The molecule has 0 fully saturated rings. The zero-order valence-electron chi connectivity index (χ0n) is 16.1. The van der Waals surface area contributed by atoms with Crippen LogP contribution in [0.4, 0.5) is 27.6 Å². The second kappa shape index (κ2) is 8.16. The quantitative estimate of drug-likeness (QED) is 0.525. The van der Waals surface area contributed by atoms with Crippen LogP contribution < -0.4 is 5.32 Å². The predicted octanol–water partition coefficient (Wildman–Crippen LogP) is 4.09. The number of aromatic nitrogens is 1. The van der Waals surface area contributed by atoms with Gasteiger partial charge in [-0.3, -0.25) is 4.79 Å². The number of anilines is 1. The fourth-order valence-electron chi connectivity index (χ4n) is 2.68. The van der Waals surface area contributed by atoms with Gasteiger partial charge in [-0.1, -0.05) is 11.6 Å². The summed E-state index contributed by atoms with van der Waals surface area (Å²) in [6, 6.07) is -0.569. The fourth-order valence-corrected chi connectivity index (χ4v) is 4.47. The molecule has 0 unspecified atom stereocenters. The third kappa shape index (κ3) is 4.30. The van der Waals surface area contributed by atoms with E-state index in [2.05, 4.69) is 5.32 Å². The summed E-state index contributed by atoms with van der Waals surface area (Å²) < 4.78 is 92.8. The fraction of sp³-hybridized carbons (Fsp3) is 0.353. The van der Waals surface area contributed by atoms with Crippen molar-refractivity contribution in [3.63, 3.8) is 0 Å². The minimum absolute atomic E-state index is 0.148. The molecular formula is C17H17ClF5N3O3S. The van der Waals surface area contributed by atoms with Crippen molar-refractivity contribution < 1.29 is 35.2 Å². The summed E-state index contributed by atoms with van der Waals surface area (Å²) in [6.07, 6.45) is -3.82. The van der Waals surface area contributed by atoms with E-state index in [4.69, 9.17) is 11.6 Å². The number of carbonyl (C=O) groups excluding carboxylic acids is 1. The standard InChI is InChI=1S/C17H17ClF5N3O3S/c1-8-12(30(28,29)26(4)9(2)17(21,22)23)7-25(3)15(8)16(27)24-11-6-5-10(19)13(18)14(11)20/h5-7,9H,1-4H3,(H,24,27)/t9-/m1/s1. The van der Waals surface area contributed by atoms with E-state index in [1.165, 1.54) is 14.0 Å². The second-order valence-corrected chi connectivity index (χ2v) is 8.84. The number of halogens is 6. The molecule has 0 aliphatic rings. The van der Waals surface area contributed by atoms with Gasteiger partial charge in [-0.15, -0.1) is 0 Å². The van der Waals surface area contributed by atoms with Crippen LogP contribution in [0.25, 0.3) is 0 Å². The first-order valence-electron chi connectivity index (χ1n) is 8.26. The Morgan fingerprint density at radius 2 is 1.83 bits per heavy atom. The molecule has 6 nitrogen and oxygen atoms in total. The molecule has 0 bridgehead atoms. The molecule has 1 atom stereocenters. The number of sulfonamides is 1. The Morgan fingerprint density at radius 3 is 2.37 bits per heavy atom. The molecule has 30 heavy (non-hydrogen) atoms. The van der Waals surface area contributed by atoms with Crippen molar-refractivity contribution >= 4 is 33.2 Å². The Kier molecular flexibility index (Phi) is 6.55. The maximum Gasteiger partial charge on any atom is 0.404 e. The third-order valence-corrected chi connectivity index (χ3v) is 6.95. The van der Waals surface area contributed by atoms with Gasteiger partial charge in [0.2, 0.25) is 10.0 Å². The average molecular weight is 474 g/mol. The molecule has 13 heteroatoms. The molecule has 1 aromatic carbocycles. The lowest BCUT2D eigenvalue weighted by molar-refractivity contribution is -0.164. The molecule has 0 radical (unpaired) electrons. The van der Waals surface area contributed by atoms with Gasteiger partial charge in [-0.05, 0) is 31.5 Å². The predicted molar refractivity (Wildman–Crippen MR) is 99.9 cm³/mol. The molecule has 2 rings (SSSR count). The minimum Gasteiger partial charge on any atom is -0.345 e. The molecule has 0 saturated carbocycles. The van der Waals surface area contributed by atoms with Crippen molar-refractivity contribution in [1.82, 2.24) is 8.87 Å². The monoisotopic (exact) mass is 473 g/mol. The number of carbonyl (C=O) groups is 1. The van der Waals surface area contributed by atoms with E-state index in [1.54, 1.807) is 0 Å². The molecule has 0 aliphatic heterocycles. The lowest BCUT2D eigenvalue weighted by atomic mass is 10.2. The van der Waals surface area contributed by atoms with Crippen LogP contribution in [0.2, 0.25) is 5.02 Å². The first kappa shape index (κ1) is 24.1. The van der Waals surface area contributed by atoms with E-state index in [0.29, 0.717) is 6.92 Å². The van der Waals surface area contributed by atoms with Crippen LogP contribution >= 0.6 is 11.6 Å². The van der Waals surface area contributed by atoms with Crippen LogP contribution in [-0.2, 0) is 17.1 Å². The summed E-state index contributed by atoms with van der Waals surface area (Å²) in [6.45, 7) is 1.91. The molecule has 2 aromatic rings. The van der Waals surface area contributed by atoms with Crippen LogP contribution in [0.5, 0.6) is 0 Å². The first-order chi connectivity index (χ1) is 13.6. The molecule has 0 spiro atoms. The van der Waals surface area contributed by atoms with Crippen LogP contribution in [-0.4, -0.2) is 42.5 Å². The summed E-state index contributed by atoms with van der Waals surface area (Å²) in [4.78, 5) is 12.1. The van der Waals surface area contributed by atoms with Gasteiger partial charge in [0.1, 0.15) is 27.5 Å². The van der Waals surface area contributed by atoms with Crippen molar-refractivity contribution in [3.05, 3.63) is 46.2 Å². The molecule has 0 saturated heterocycles. The van der Waals surface area contributed by atoms with Crippen LogP contribution in [0.1, 0.15) is 23.0 Å². The highest BCUT2D eigenvalue weighted by Crippen LogP contribution is 2.31. The molecule has 166 valence electrons. The molecule has 1 heterocycles. The maximum absolute atomic E-state index is 14.0. The first-order valence-corrected chi connectivity index (χ1v) is 10.1. The van der Waals surface area contributed by atoms with Crippen molar-refractivity contribution in [2.24, 2.45) is 7.05 Å². The topological polar surface area (TPSA) is 71.4 Å². The van der Waals surface area contributed by atoms with Crippen molar-refractivity contribution in [2.75, 3.05) is 12.4 Å². The molecule has 1 aromatic heterocycles. The van der Waals surface area contributed by atoms with E-state index in [9.17, 15) is 35.2 Å². The van der Waals surface area contributed by atoms with Crippen molar-refractivity contribution in [1.29, 1.82) is 0 Å². The number of benzene rings is 1. The number of nitrogens with zero attached hydrogens (tertiary/aromatic N) is 2. The number of hydrogen-bond donors (Lipinski definition) is 1. The molecular weight excluding hydrogens is 457 g/mol. The Labute approximate surface area is 174 Å². The molecule has 1 N–H and O–H groups in total. The zero-order chi connectivity index (χ0) is 23.2. The number of amides is 1. The summed E-state index contributed by atoms with van der Waals surface area (Å²) in [5, 5.41) is 1.30. The number of alkyl halides is 3.